The Morgan fingerprint density at radius 1 is 1.38 bits per heavy atom. The summed E-state index contributed by atoms with van der Waals surface area (Å²) >= 11 is 0. The second kappa shape index (κ2) is 2.74. The number of aryl methyl sites for hydroxylation is 1. The lowest BCUT2D eigenvalue weighted by Crippen LogP contribution is -2.06. The molecule has 1 aliphatic carbocycles. The predicted octanol–water partition coefficient (Wildman–Crippen LogP) is 1.99. The summed E-state index contributed by atoms with van der Waals surface area (Å²) in [7, 11) is 1.64. The largest absolute Gasteiger partial charge is 0.496 e. The van der Waals surface area contributed by atoms with Gasteiger partial charge in [-0.1, -0.05) is 12.1 Å². The zero-order valence-corrected chi connectivity index (χ0v) is 8.00. The molecule has 1 aliphatic rings. The molecule has 1 saturated carbocycles. The van der Waals surface area contributed by atoms with E-state index >= 15 is 0 Å². The molecule has 0 heterocycles. The molecule has 1 aromatic rings. The Balaban J connectivity index is 2.45. The van der Waals surface area contributed by atoms with Crippen LogP contribution >= 0.6 is 0 Å². The van der Waals surface area contributed by atoms with Crippen LogP contribution < -0.4 is 4.74 Å². The zero-order chi connectivity index (χ0) is 9.47. The van der Waals surface area contributed by atoms with Crippen molar-refractivity contribution >= 4 is 0 Å². The van der Waals surface area contributed by atoms with Crippen LogP contribution in [0.2, 0.25) is 0 Å². The molecule has 2 rings (SSSR count). The highest BCUT2D eigenvalue weighted by molar-refractivity contribution is 5.43. The maximum atomic E-state index is 9.92. The summed E-state index contributed by atoms with van der Waals surface area (Å²) in [5, 5.41) is 9.92. The molecule has 0 spiro atoms. The smallest absolute Gasteiger partial charge is 0.125 e. The normalized spacial score (nSPS) is 18.4. The van der Waals surface area contributed by atoms with E-state index in [1.807, 2.05) is 25.1 Å². The van der Waals surface area contributed by atoms with Crippen molar-refractivity contribution in [1.29, 1.82) is 0 Å². The number of aliphatic hydroxyl groups is 1. The molecular formula is C11H14O2. The number of rotatable bonds is 2. The molecule has 0 unspecified atom stereocenters. The van der Waals surface area contributed by atoms with Crippen LogP contribution in [0, 0.1) is 6.92 Å². The van der Waals surface area contributed by atoms with E-state index in [4.69, 9.17) is 4.74 Å². The van der Waals surface area contributed by atoms with Gasteiger partial charge in [-0.25, -0.2) is 0 Å². The van der Waals surface area contributed by atoms with Gasteiger partial charge in [-0.05, 0) is 31.4 Å². The molecule has 0 aliphatic heterocycles. The Bertz CT molecular complexity index is 327. The van der Waals surface area contributed by atoms with Crippen molar-refractivity contribution in [2.45, 2.75) is 25.4 Å². The molecule has 1 N–H and O–H groups in total. The van der Waals surface area contributed by atoms with Crippen molar-refractivity contribution in [2.75, 3.05) is 7.11 Å². The minimum absolute atomic E-state index is 0.598. The van der Waals surface area contributed by atoms with Crippen molar-refractivity contribution in [3.8, 4) is 5.75 Å². The van der Waals surface area contributed by atoms with Crippen LogP contribution in [0.25, 0.3) is 0 Å². The van der Waals surface area contributed by atoms with Gasteiger partial charge in [0.15, 0.2) is 0 Å². The van der Waals surface area contributed by atoms with Crippen molar-refractivity contribution in [2.24, 2.45) is 0 Å². The Hall–Kier alpha value is -1.02. The number of benzene rings is 1. The van der Waals surface area contributed by atoms with Crippen LogP contribution in [0.1, 0.15) is 24.0 Å². The van der Waals surface area contributed by atoms with Crippen LogP contribution in [-0.4, -0.2) is 12.2 Å². The van der Waals surface area contributed by atoms with Crippen LogP contribution in [0.3, 0.4) is 0 Å². The molecule has 2 nitrogen and oxygen atoms in total. The summed E-state index contributed by atoms with van der Waals surface area (Å²) in [4.78, 5) is 0. The Morgan fingerprint density at radius 2 is 2.08 bits per heavy atom. The van der Waals surface area contributed by atoms with Gasteiger partial charge in [-0.2, -0.15) is 0 Å². The molecular weight excluding hydrogens is 164 g/mol. The van der Waals surface area contributed by atoms with Gasteiger partial charge in [-0.15, -0.1) is 0 Å². The summed E-state index contributed by atoms with van der Waals surface area (Å²) in [6.07, 6.45) is 1.71. The molecule has 70 valence electrons. The highest BCUT2D eigenvalue weighted by Crippen LogP contribution is 2.48. The van der Waals surface area contributed by atoms with E-state index < -0.39 is 5.60 Å². The van der Waals surface area contributed by atoms with Gasteiger partial charge < -0.3 is 9.84 Å². The van der Waals surface area contributed by atoms with E-state index in [1.165, 1.54) is 0 Å². The lowest BCUT2D eigenvalue weighted by atomic mass is 10.0. The van der Waals surface area contributed by atoms with E-state index in [1.54, 1.807) is 7.11 Å². The topological polar surface area (TPSA) is 29.5 Å². The fraction of sp³-hybridized carbons (Fsp3) is 0.455. The molecule has 1 aromatic carbocycles. The summed E-state index contributed by atoms with van der Waals surface area (Å²) in [5.41, 5.74) is 1.49. The minimum atomic E-state index is -0.598. The zero-order valence-electron chi connectivity index (χ0n) is 8.00. The van der Waals surface area contributed by atoms with Crippen LogP contribution in [0.15, 0.2) is 18.2 Å². The van der Waals surface area contributed by atoms with Crippen molar-refractivity contribution in [1.82, 2.24) is 0 Å². The molecule has 1 fully saturated rings. The average Bonchev–Trinajstić information content (AvgIpc) is 2.84. The van der Waals surface area contributed by atoms with E-state index in [0.717, 1.165) is 29.7 Å². The number of methoxy groups -OCH3 is 1. The fourth-order valence-electron chi connectivity index (χ4n) is 1.57. The van der Waals surface area contributed by atoms with Crippen LogP contribution in [0.4, 0.5) is 0 Å². The number of ether oxygens (including phenoxy) is 1. The van der Waals surface area contributed by atoms with Crippen LogP contribution in [0.5, 0.6) is 5.75 Å². The van der Waals surface area contributed by atoms with E-state index in [9.17, 15) is 5.11 Å². The summed E-state index contributed by atoms with van der Waals surface area (Å²) in [5.74, 6) is 0.806. The monoisotopic (exact) mass is 178 g/mol. The maximum absolute atomic E-state index is 9.92. The summed E-state index contributed by atoms with van der Waals surface area (Å²) in [6.45, 7) is 2.02. The third-order valence-electron chi connectivity index (χ3n) is 2.58. The first-order valence-corrected chi connectivity index (χ1v) is 4.53. The first kappa shape index (κ1) is 8.57. The first-order valence-electron chi connectivity index (χ1n) is 4.53. The average molecular weight is 178 g/mol. The molecule has 13 heavy (non-hydrogen) atoms. The quantitative estimate of drug-likeness (QED) is 0.750. The molecule has 0 atom stereocenters. The van der Waals surface area contributed by atoms with Crippen molar-refractivity contribution in [3.63, 3.8) is 0 Å². The maximum Gasteiger partial charge on any atom is 0.125 e. The van der Waals surface area contributed by atoms with E-state index in [2.05, 4.69) is 0 Å². The second-order valence-electron chi connectivity index (χ2n) is 3.74. The molecule has 0 amide bonds. The third kappa shape index (κ3) is 1.42. The summed E-state index contributed by atoms with van der Waals surface area (Å²) in [6, 6.07) is 5.93. The van der Waals surface area contributed by atoms with Crippen LogP contribution in [-0.2, 0) is 5.60 Å². The standard InChI is InChI=1S/C11H14O2/c1-8-3-4-9(10(7-8)13-2)11(12)5-6-11/h3-4,7,12H,5-6H2,1-2H3. The Labute approximate surface area is 78.2 Å². The fourth-order valence-corrected chi connectivity index (χ4v) is 1.57. The SMILES string of the molecule is COc1cc(C)ccc1C1(O)CC1. The van der Waals surface area contributed by atoms with Gasteiger partial charge in [-0.3, -0.25) is 0 Å². The molecule has 0 aromatic heterocycles. The van der Waals surface area contributed by atoms with Gasteiger partial charge in [0.1, 0.15) is 5.75 Å². The van der Waals surface area contributed by atoms with Gasteiger partial charge in [0, 0.05) is 5.56 Å². The molecule has 0 radical (unpaired) electrons. The molecule has 2 heteroatoms. The number of hydrogen-bond donors (Lipinski definition) is 1. The lowest BCUT2D eigenvalue weighted by molar-refractivity contribution is 0.147. The summed E-state index contributed by atoms with van der Waals surface area (Å²) < 4.78 is 5.23. The van der Waals surface area contributed by atoms with E-state index in [-0.39, 0.29) is 0 Å². The minimum Gasteiger partial charge on any atom is -0.496 e. The predicted molar refractivity (Wildman–Crippen MR) is 50.9 cm³/mol. The van der Waals surface area contributed by atoms with Gasteiger partial charge in [0.2, 0.25) is 0 Å². The Kier molecular flexibility index (Phi) is 1.81. The molecule has 0 bridgehead atoms. The number of hydrogen-bond acceptors (Lipinski definition) is 2. The highest BCUT2D eigenvalue weighted by Gasteiger charge is 2.44. The first-order chi connectivity index (χ1) is 6.15. The van der Waals surface area contributed by atoms with Crippen molar-refractivity contribution in [3.05, 3.63) is 29.3 Å². The van der Waals surface area contributed by atoms with Gasteiger partial charge in [0.25, 0.3) is 0 Å². The third-order valence-corrected chi connectivity index (χ3v) is 2.58. The molecule has 0 saturated heterocycles. The van der Waals surface area contributed by atoms with Crippen molar-refractivity contribution < 1.29 is 9.84 Å². The van der Waals surface area contributed by atoms with Gasteiger partial charge >= 0.3 is 0 Å². The lowest BCUT2D eigenvalue weighted by Gasteiger charge is -2.13. The highest BCUT2D eigenvalue weighted by atomic mass is 16.5. The van der Waals surface area contributed by atoms with E-state index in [0.29, 0.717) is 0 Å². The Morgan fingerprint density at radius 3 is 2.62 bits per heavy atom. The van der Waals surface area contributed by atoms with Gasteiger partial charge in [0.05, 0.1) is 12.7 Å². The second-order valence-corrected chi connectivity index (χ2v) is 3.74.